The van der Waals surface area contributed by atoms with Gasteiger partial charge in [0.25, 0.3) is 0 Å². The van der Waals surface area contributed by atoms with Gasteiger partial charge in [-0.05, 0) is 18.6 Å². The van der Waals surface area contributed by atoms with Crippen molar-refractivity contribution in [3.8, 4) is 12.3 Å². The fourth-order valence-electron chi connectivity index (χ4n) is 1.92. The van der Waals surface area contributed by atoms with E-state index in [1.54, 1.807) is 11.0 Å². The number of rotatable bonds is 1. The first-order chi connectivity index (χ1) is 8.04. The van der Waals surface area contributed by atoms with Crippen LogP contribution in [0.2, 0.25) is 10.0 Å². The fourth-order valence-corrected chi connectivity index (χ4v) is 2.50. The summed E-state index contributed by atoms with van der Waals surface area (Å²) in [5, 5.41) is 0.996. The smallest absolute Gasteiger partial charge is 0.228 e. The van der Waals surface area contributed by atoms with Crippen molar-refractivity contribution >= 4 is 34.8 Å². The number of halogens is 2. The topological polar surface area (TPSA) is 20.3 Å². The molecule has 1 amide bonds. The average Bonchev–Trinajstić information content (AvgIpc) is 2.66. The second-order valence-corrected chi connectivity index (χ2v) is 4.88. The summed E-state index contributed by atoms with van der Waals surface area (Å²) in [7, 11) is 0. The van der Waals surface area contributed by atoms with Gasteiger partial charge in [-0.25, -0.2) is 0 Å². The number of amides is 1. The molecule has 0 N–H and O–H groups in total. The maximum absolute atomic E-state index is 11.9. The number of anilines is 1. The molecule has 1 aliphatic heterocycles. The van der Waals surface area contributed by atoms with E-state index in [0.717, 1.165) is 5.56 Å². The Kier molecular flexibility index (Phi) is 3.33. The molecule has 0 aromatic heterocycles. The van der Waals surface area contributed by atoms with E-state index in [4.69, 9.17) is 29.6 Å². The van der Waals surface area contributed by atoms with Crippen LogP contribution in [0.3, 0.4) is 0 Å². The second kappa shape index (κ2) is 4.60. The van der Waals surface area contributed by atoms with E-state index in [2.05, 4.69) is 5.92 Å². The third kappa shape index (κ3) is 2.13. The summed E-state index contributed by atoms with van der Waals surface area (Å²) in [5.41, 5.74) is 1.47. The molecule has 88 valence electrons. The molecular formula is C13H11Cl2NO. The number of terminal acetylenes is 1. The Hall–Kier alpha value is -1.17. The van der Waals surface area contributed by atoms with Crippen LogP contribution >= 0.6 is 23.2 Å². The van der Waals surface area contributed by atoms with Gasteiger partial charge in [0.2, 0.25) is 5.91 Å². The van der Waals surface area contributed by atoms with Crippen molar-refractivity contribution in [1.82, 2.24) is 0 Å². The molecule has 0 bridgehead atoms. The molecule has 1 aromatic carbocycles. The van der Waals surface area contributed by atoms with Crippen LogP contribution in [-0.4, -0.2) is 12.5 Å². The van der Waals surface area contributed by atoms with Crippen LogP contribution in [0, 0.1) is 25.2 Å². The van der Waals surface area contributed by atoms with Gasteiger partial charge < -0.3 is 4.90 Å². The van der Waals surface area contributed by atoms with Gasteiger partial charge in [-0.1, -0.05) is 29.3 Å². The van der Waals surface area contributed by atoms with Gasteiger partial charge in [0.05, 0.1) is 15.7 Å². The normalized spacial score (nSPS) is 19.5. The van der Waals surface area contributed by atoms with E-state index >= 15 is 0 Å². The van der Waals surface area contributed by atoms with Crippen molar-refractivity contribution in [2.45, 2.75) is 13.3 Å². The Labute approximate surface area is 111 Å². The molecule has 0 saturated carbocycles. The van der Waals surface area contributed by atoms with Crippen molar-refractivity contribution in [2.24, 2.45) is 5.92 Å². The highest BCUT2D eigenvalue weighted by Crippen LogP contribution is 2.38. The van der Waals surface area contributed by atoms with Crippen molar-refractivity contribution < 1.29 is 4.79 Å². The van der Waals surface area contributed by atoms with E-state index in [0.29, 0.717) is 28.7 Å². The van der Waals surface area contributed by atoms with Gasteiger partial charge in [0.15, 0.2) is 0 Å². The van der Waals surface area contributed by atoms with Crippen molar-refractivity contribution in [1.29, 1.82) is 0 Å². The lowest BCUT2D eigenvalue weighted by Gasteiger charge is -2.20. The molecule has 1 heterocycles. The summed E-state index contributed by atoms with van der Waals surface area (Å²) in [6, 6.07) is 3.57. The van der Waals surface area contributed by atoms with Crippen molar-refractivity contribution in [3.05, 3.63) is 27.7 Å². The maximum atomic E-state index is 11.9. The first-order valence-electron chi connectivity index (χ1n) is 5.25. The summed E-state index contributed by atoms with van der Waals surface area (Å²) in [6.45, 7) is 2.36. The summed E-state index contributed by atoms with van der Waals surface area (Å²) in [5.74, 6) is 2.51. The number of hydrogen-bond donors (Lipinski definition) is 0. The third-order valence-electron chi connectivity index (χ3n) is 2.89. The molecule has 4 heteroatoms. The number of aryl methyl sites for hydroxylation is 1. The van der Waals surface area contributed by atoms with Gasteiger partial charge in [-0.2, -0.15) is 0 Å². The Morgan fingerprint density at radius 2 is 2.18 bits per heavy atom. The van der Waals surface area contributed by atoms with E-state index in [1.807, 2.05) is 13.0 Å². The molecule has 0 radical (unpaired) electrons. The van der Waals surface area contributed by atoms with Gasteiger partial charge in [-0.15, -0.1) is 12.3 Å². The predicted molar refractivity (Wildman–Crippen MR) is 70.5 cm³/mol. The number of hydrogen-bond acceptors (Lipinski definition) is 1. The van der Waals surface area contributed by atoms with Crippen LogP contribution in [0.25, 0.3) is 0 Å². The zero-order valence-electron chi connectivity index (χ0n) is 9.34. The van der Waals surface area contributed by atoms with Gasteiger partial charge in [-0.3, -0.25) is 4.79 Å². The minimum absolute atomic E-state index is 0.0256. The molecule has 1 fully saturated rings. The highest BCUT2D eigenvalue weighted by molar-refractivity contribution is 6.40. The molecule has 17 heavy (non-hydrogen) atoms. The van der Waals surface area contributed by atoms with Crippen LogP contribution in [-0.2, 0) is 4.79 Å². The quantitative estimate of drug-likeness (QED) is 0.716. The minimum atomic E-state index is -0.0601. The highest BCUT2D eigenvalue weighted by Gasteiger charge is 2.32. The molecule has 1 unspecified atom stereocenters. The molecule has 0 spiro atoms. The first-order valence-corrected chi connectivity index (χ1v) is 6.01. The molecule has 1 saturated heterocycles. The number of carbonyl (C=O) groups excluding carboxylic acids is 1. The zero-order valence-corrected chi connectivity index (χ0v) is 10.8. The molecule has 2 rings (SSSR count). The number of carbonyl (C=O) groups is 1. The minimum Gasteiger partial charge on any atom is -0.308 e. The van der Waals surface area contributed by atoms with E-state index in [1.165, 1.54) is 0 Å². The van der Waals surface area contributed by atoms with Crippen LogP contribution in [0.1, 0.15) is 12.0 Å². The van der Waals surface area contributed by atoms with Crippen LogP contribution in [0.5, 0.6) is 0 Å². The number of benzene rings is 1. The number of nitrogens with zero attached hydrogens (tertiary/aromatic N) is 1. The summed E-state index contributed by atoms with van der Waals surface area (Å²) in [4.78, 5) is 13.5. The largest absolute Gasteiger partial charge is 0.308 e. The van der Waals surface area contributed by atoms with Crippen LogP contribution in [0.15, 0.2) is 12.1 Å². The second-order valence-electron chi connectivity index (χ2n) is 4.10. The molecule has 0 aliphatic carbocycles. The predicted octanol–water partition coefficient (Wildman–Crippen LogP) is 3.29. The Morgan fingerprint density at radius 1 is 1.47 bits per heavy atom. The Morgan fingerprint density at radius 3 is 2.76 bits per heavy atom. The average molecular weight is 268 g/mol. The Bertz CT molecular complexity index is 519. The van der Waals surface area contributed by atoms with Crippen LogP contribution < -0.4 is 4.90 Å². The van der Waals surface area contributed by atoms with Crippen LogP contribution in [0.4, 0.5) is 5.69 Å². The molecule has 1 atom stereocenters. The van der Waals surface area contributed by atoms with E-state index < -0.39 is 0 Å². The summed E-state index contributed by atoms with van der Waals surface area (Å²) >= 11 is 12.3. The lowest BCUT2D eigenvalue weighted by molar-refractivity contribution is -0.117. The molecule has 2 nitrogen and oxygen atoms in total. The standard InChI is InChI=1S/C13H11Cl2NO/c1-3-9-6-11(17)16(7-9)13-10(14)5-4-8(2)12(13)15/h1,4-5,9H,6-7H2,2H3. The summed E-state index contributed by atoms with van der Waals surface area (Å²) < 4.78 is 0. The van der Waals surface area contributed by atoms with E-state index in [9.17, 15) is 4.79 Å². The van der Waals surface area contributed by atoms with E-state index in [-0.39, 0.29) is 11.8 Å². The van der Waals surface area contributed by atoms with Crippen molar-refractivity contribution in [3.63, 3.8) is 0 Å². The van der Waals surface area contributed by atoms with Gasteiger partial charge in [0.1, 0.15) is 0 Å². The third-order valence-corrected chi connectivity index (χ3v) is 3.67. The lowest BCUT2D eigenvalue weighted by atomic mass is 10.1. The van der Waals surface area contributed by atoms with Crippen molar-refractivity contribution in [2.75, 3.05) is 11.4 Å². The highest BCUT2D eigenvalue weighted by atomic mass is 35.5. The Balaban J connectivity index is 2.45. The molecule has 1 aliphatic rings. The monoisotopic (exact) mass is 267 g/mol. The fraction of sp³-hybridized carbons (Fsp3) is 0.308. The zero-order chi connectivity index (χ0) is 12.6. The van der Waals surface area contributed by atoms with Gasteiger partial charge >= 0.3 is 0 Å². The first kappa shape index (κ1) is 12.3. The maximum Gasteiger partial charge on any atom is 0.228 e. The molecular weight excluding hydrogens is 257 g/mol. The lowest BCUT2D eigenvalue weighted by Crippen LogP contribution is -2.25. The SMILES string of the molecule is C#CC1CC(=O)N(c2c(Cl)ccc(C)c2Cl)C1. The van der Waals surface area contributed by atoms with Gasteiger partial charge in [0, 0.05) is 18.9 Å². The molecule has 1 aromatic rings. The summed E-state index contributed by atoms with van der Waals surface area (Å²) in [6.07, 6.45) is 5.71.